The Kier molecular flexibility index (Phi) is 6.00. The maximum Gasteiger partial charge on any atom is 0.308 e. The largest absolute Gasteiger partial charge is 0.495 e. The number of carbonyl (C=O) groups excluding carboxylic acids is 2. The van der Waals surface area contributed by atoms with Gasteiger partial charge in [0.05, 0.1) is 28.7 Å². The fraction of sp³-hybridized carbons (Fsp3) is 0.333. The first kappa shape index (κ1) is 21.7. The monoisotopic (exact) mass is 459 g/mol. The minimum Gasteiger partial charge on any atom is -0.495 e. The molecule has 1 fully saturated rings. The predicted molar refractivity (Wildman–Crippen MR) is 122 cm³/mol. The van der Waals surface area contributed by atoms with Crippen LogP contribution < -0.4 is 9.47 Å². The molecule has 0 unspecified atom stereocenters. The zero-order valence-electron chi connectivity index (χ0n) is 17.6. The van der Waals surface area contributed by atoms with E-state index in [0.29, 0.717) is 43.9 Å². The summed E-state index contributed by atoms with van der Waals surface area (Å²) in [5, 5.41) is 1.39. The standard InChI is InChI=1S/C24H23Cl2NO4/c1-13-22(31-14(2)28)20-19(27(13)24(29)16-8-10-17(25)11-9-16)12-18(15-6-4-5-7-15)23(30-3)21(20)26/h8-12,15H,4-7H2,1-3H3. The van der Waals surface area contributed by atoms with E-state index in [1.165, 1.54) is 6.92 Å². The molecule has 0 saturated heterocycles. The van der Waals surface area contributed by atoms with Crippen LogP contribution in [0.1, 0.15) is 60.1 Å². The first-order chi connectivity index (χ1) is 14.8. The molecular weight excluding hydrogens is 437 g/mol. The Morgan fingerprint density at radius 3 is 2.29 bits per heavy atom. The van der Waals surface area contributed by atoms with Crippen LogP contribution in [0.5, 0.6) is 11.5 Å². The van der Waals surface area contributed by atoms with E-state index in [4.69, 9.17) is 32.7 Å². The molecule has 0 radical (unpaired) electrons. The third-order valence-electron chi connectivity index (χ3n) is 5.90. The molecule has 0 amide bonds. The number of halogens is 2. The molecule has 0 spiro atoms. The van der Waals surface area contributed by atoms with Crippen LogP contribution in [0.4, 0.5) is 0 Å². The molecule has 0 bridgehead atoms. The molecule has 3 aromatic rings. The smallest absolute Gasteiger partial charge is 0.308 e. The summed E-state index contributed by atoms with van der Waals surface area (Å²) < 4.78 is 12.8. The second-order valence-electron chi connectivity index (χ2n) is 7.84. The molecular formula is C24H23Cl2NO4. The Labute approximate surface area is 190 Å². The first-order valence-corrected chi connectivity index (χ1v) is 11.0. The predicted octanol–water partition coefficient (Wildman–Crippen LogP) is 6.54. The highest BCUT2D eigenvalue weighted by Crippen LogP contribution is 2.49. The maximum atomic E-state index is 13.5. The van der Waals surface area contributed by atoms with Gasteiger partial charge in [0.1, 0.15) is 5.75 Å². The topological polar surface area (TPSA) is 57.5 Å². The van der Waals surface area contributed by atoms with E-state index < -0.39 is 5.97 Å². The minimum atomic E-state index is -0.490. The molecule has 0 atom stereocenters. The summed E-state index contributed by atoms with van der Waals surface area (Å²) in [4.78, 5) is 25.3. The fourth-order valence-corrected chi connectivity index (χ4v) is 4.99. The van der Waals surface area contributed by atoms with Crippen LogP contribution in [0.15, 0.2) is 30.3 Å². The van der Waals surface area contributed by atoms with Gasteiger partial charge in [0.2, 0.25) is 0 Å². The zero-order valence-corrected chi connectivity index (χ0v) is 19.1. The lowest BCUT2D eigenvalue weighted by Crippen LogP contribution is -2.14. The average molecular weight is 460 g/mol. The number of carbonyl (C=O) groups is 2. The summed E-state index contributed by atoms with van der Waals surface area (Å²) in [7, 11) is 1.58. The molecule has 5 nitrogen and oxygen atoms in total. The van der Waals surface area contributed by atoms with Gasteiger partial charge >= 0.3 is 5.97 Å². The van der Waals surface area contributed by atoms with Crippen LogP contribution in [0.2, 0.25) is 10.0 Å². The molecule has 2 aromatic carbocycles. The number of hydrogen-bond donors (Lipinski definition) is 0. The quantitative estimate of drug-likeness (QED) is 0.415. The van der Waals surface area contributed by atoms with Gasteiger partial charge in [0.25, 0.3) is 5.91 Å². The van der Waals surface area contributed by atoms with Gasteiger partial charge < -0.3 is 9.47 Å². The van der Waals surface area contributed by atoms with Gasteiger partial charge in [-0.3, -0.25) is 14.2 Å². The van der Waals surface area contributed by atoms with Crippen molar-refractivity contribution in [1.29, 1.82) is 0 Å². The molecule has 1 aliphatic rings. The van der Waals surface area contributed by atoms with E-state index in [1.807, 2.05) is 6.07 Å². The van der Waals surface area contributed by atoms with Gasteiger partial charge in [0.15, 0.2) is 5.75 Å². The zero-order chi connectivity index (χ0) is 22.3. The van der Waals surface area contributed by atoms with Gasteiger partial charge in [0, 0.05) is 23.1 Å². The second kappa shape index (κ2) is 8.56. The molecule has 1 aromatic heterocycles. The van der Waals surface area contributed by atoms with Crippen molar-refractivity contribution in [2.45, 2.75) is 45.4 Å². The van der Waals surface area contributed by atoms with Crippen molar-refractivity contribution in [2.24, 2.45) is 0 Å². The summed E-state index contributed by atoms with van der Waals surface area (Å²) >= 11 is 12.8. The Morgan fingerprint density at radius 2 is 1.71 bits per heavy atom. The minimum absolute atomic E-state index is 0.254. The summed E-state index contributed by atoms with van der Waals surface area (Å²) in [6.45, 7) is 3.06. The third kappa shape index (κ3) is 3.81. The second-order valence-corrected chi connectivity index (χ2v) is 8.66. The Hall–Kier alpha value is -2.50. The SMILES string of the molecule is COc1c(C2CCCC2)cc2c(c1Cl)c(OC(C)=O)c(C)n2C(=O)c1ccc(Cl)cc1. The lowest BCUT2D eigenvalue weighted by Gasteiger charge is -2.17. The van der Waals surface area contributed by atoms with Crippen molar-refractivity contribution in [1.82, 2.24) is 4.57 Å². The molecule has 1 saturated carbocycles. The summed E-state index contributed by atoms with van der Waals surface area (Å²) in [5.41, 5.74) is 2.54. The van der Waals surface area contributed by atoms with Gasteiger partial charge in [-0.1, -0.05) is 36.0 Å². The van der Waals surface area contributed by atoms with E-state index in [1.54, 1.807) is 42.9 Å². The number of hydrogen-bond acceptors (Lipinski definition) is 4. The molecule has 0 aliphatic heterocycles. The number of methoxy groups -OCH3 is 1. The average Bonchev–Trinajstić information content (AvgIpc) is 3.35. The summed E-state index contributed by atoms with van der Waals surface area (Å²) in [6.07, 6.45) is 4.37. The lowest BCUT2D eigenvalue weighted by molar-refractivity contribution is -0.131. The van der Waals surface area contributed by atoms with Crippen LogP contribution in [-0.4, -0.2) is 23.6 Å². The maximum absolute atomic E-state index is 13.5. The number of benzene rings is 2. The normalized spacial score (nSPS) is 14.2. The number of fused-ring (bicyclic) bond motifs is 1. The van der Waals surface area contributed by atoms with Crippen molar-refractivity contribution >= 4 is 46.0 Å². The van der Waals surface area contributed by atoms with Crippen LogP contribution in [0.25, 0.3) is 10.9 Å². The van der Waals surface area contributed by atoms with Crippen LogP contribution in [0, 0.1) is 6.92 Å². The molecule has 4 rings (SSSR count). The van der Waals surface area contributed by atoms with Crippen molar-refractivity contribution in [2.75, 3.05) is 7.11 Å². The van der Waals surface area contributed by atoms with Gasteiger partial charge in [-0.25, -0.2) is 0 Å². The first-order valence-electron chi connectivity index (χ1n) is 10.2. The number of rotatable bonds is 4. The van der Waals surface area contributed by atoms with Crippen LogP contribution in [0.3, 0.4) is 0 Å². The molecule has 1 heterocycles. The van der Waals surface area contributed by atoms with Crippen LogP contribution >= 0.6 is 23.2 Å². The summed E-state index contributed by atoms with van der Waals surface area (Å²) in [6, 6.07) is 8.64. The highest BCUT2D eigenvalue weighted by atomic mass is 35.5. The Bertz CT molecular complexity index is 1170. The van der Waals surface area contributed by atoms with Crippen molar-refractivity contribution in [3.8, 4) is 11.5 Å². The van der Waals surface area contributed by atoms with Crippen molar-refractivity contribution in [3.63, 3.8) is 0 Å². The molecule has 162 valence electrons. The molecule has 7 heteroatoms. The lowest BCUT2D eigenvalue weighted by atomic mass is 9.95. The van der Waals surface area contributed by atoms with E-state index in [-0.39, 0.29) is 11.7 Å². The Balaban J connectivity index is 2.02. The van der Waals surface area contributed by atoms with E-state index in [2.05, 4.69) is 0 Å². The van der Waals surface area contributed by atoms with Gasteiger partial charge in [-0.2, -0.15) is 0 Å². The highest BCUT2D eigenvalue weighted by molar-refractivity contribution is 6.38. The highest BCUT2D eigenvalue weighted by Gasteiger charge is 2.30. The van der Waals surface area contributed by atoms with E-state index >= 15 is 0 Å². The van der Waals surface area contributed by atoms with Crippen LogP contribution in [-0.2, 0) is 4.79 Å². The number of aromatic nitrogens is 1. The molecule has 1 aliphatic carbocycles. The Morgan fingerprint density at radius 1 is 1.06 bits per heavy atom. The van der Waals surface area contributed by atoms with Gasteiger partial charge in [-0.05, 0) is 56.0 Å². The van der Waals surface area contributed by atoms with Gasteiger partial charge in [-0.15, -0.1) is 0 Å². The van der Waals surface area contributed by atoms with E-state index in [9.17, 15) is 9.59 Å². The van der Waals surface area contributed by atoms with Crippen molar-refractivity contribution in [3.05, 3.63) is 57.2 Å². The van der Waals surface area contributed by atoms with Crippen molar-refractivity contribution < 1.29 is 19.1 Å². The molecule has 0 N–H and O–H groups in total. The number of nitrogens with zero attached hydrogens (tertiary/aromatic N) is 1. The van der Waals surface area contributed by atoms with E-state index in [0.717, 1.165) is 31.2 Å². The summed E-state index contributed by atoms with van der Waals surface area (Å²) in [5.74, 6) is 0.409. The fourth-order valence-electron chi connectivity index (χ4n) is 4.49. The third-order valence-corrected chi connectivity index (χ3v) is 6.51. The number of ether oxygens (including phenoxy) is 2. The molecule has 31 heavy (non-hydrogen) atoms. The number of esters is 1.